The molecular weight excluding hydrogens is 194 g/mol. The molecule has 1 aromatic rings. The first-order valence-electron chi connectivity index (χ1n) is 5.43. The maximum Gasteiger partial charge on any atom is 0.111 e. The van der Waals surface area contributed by atoms with Crippen molar-refractivity contribution in [3.63, 3.8) is 0 Å². The molecule has 0 aromatic carbocycles. The Morgan fingerprint density at radius 2 is 2.27 bits per heavy atom. The molecule has 0 aliphatic heterocycles. The number of aromatic nitrogens is 3. The second-order valence-electron chi connectivity index (χ2n) is 3.44. The summed E-state index contributed by atoms with van der Waals surface area (Å²) in [5.74, 6) is 0. The molecule has 1 rings (SSSR count). The molecule has 5 heteroatoms. The maximum atomic E-state index is 9.51. The lowest BCUT2D eigenvalue weighted by Gasteiger charge is -2.02. The van der Waals surface area contributed by atoms with Crippen molar-refractivity contribution in [1.82, 2.24) is 15.0 Å². The number of aliphatic hydroxyl groups excluding tert-OH is 1. The summed E-state index contributed by atoms with van der Waals surface area (Å²) >= 11 is 0. The van der Waals surface area contributed by atoms with Crippen LogP contribution in [0.3, 0.4) is 0 Å². The number of nitrogens with zero attached hydrogens (tertiary/aromatic N) is 3. The first kappa shape index (κ1) is 12.1. The van der Waals surface area contributed by atoms with Crippen LogP contribution in [0.4, 0.5) is 0 Å². The van der Waals surface area contributed by atoms with E-state index in [4.69, 9.17) is 4.74 Å². The number of hydrogen-bond donors (Lipinski definition) is 1. The minimum Gasteiger partial charge on any atom is -0.387 e. The summed E-state index contributed by atoms with van der Waals surface area (Å²) in [7, 11) is 0. The largest absolute Gasteiger partial charge is 0.387 e. The Bertz CT molecular complexity index is 275. The summed E-state index contributed by atoms with van der Waals surface area (Å²) in [6.45, 7) is 6.08. The van der Waals surface area contributed by atoms with Gasteiger partial charge in [-0.15, -0.1) is 5.10 Å². The van der Waals surface area contributed by atoms with Crippen LogP contribution in [0.5, 0.6) is 0 Å². The minimum absolute atomic E-state index is 0.504. The van der Waals surface area contributed by atoms with Crippen molar-refractivity contribution in [2.75, 3.05) is 13.2 Å². The number of aliphatic hydroxyl groups is 1. The molecule has 1 heterocycles. The molecule has 0 radical (unpaired) electrons. The van der Waals surface area contributed by atoms with Crippen molar-refractivity contribution in [2.24, 2.45) is 0 Å². The molecule has 0 saturated heterocycles. The van der Waals surface area contributed by atoms with E-state index in [1.54, 1.807) is 10.9 Å². The van der Waals surface area contributed by atoms with Crippen LogP contribution in [0.2, 0.25) is 0 Å². The van der Waals surface area contributed by atoms with Gasteiger partial charge < -0.3 is 9.84 Å². The Balaban J connectivity index is 2.33. The van der Waals surface area contributed by atoms with Crippen LogP contribution >= 0.6 is 0 Å². The predicted octanol–water partition coefficient (Wildman–Crippen LogP) is 1.15. The van der Waals surface area contributed by atoms with Gasteiger partial charge in [-0.1, -0.05) is 19.1 Å². The lowest BCUT2D eigenvalue weighted by atomic mass is 10.2. The standard InChI is InChI=1S/C10H19N3O2/c1-3-6-15-7-5-13-8-9(11-12-13)10(14)4-2/h8,10,14H,3-7H2,1-2H3. The average Bonchev–Trinajstić information content (AvgIpc) is 2.72. The lowest BCUT2D eigenvalue weighted by Crippen LogP contribution is -2.07. The molecule has 0 spiro atoms. The molecule has 1 atom stereocenters. The fourth-order valence-corrected chi connectivity index (χ4v) is 1.19. The lowest BCUT2D eigenvalue weighted by molar-refractivity contribution is 0.124. The van der Waals surface area contributed by atoms with Crippen molar-refractivity contribution < 1.29 is 9.84 Å². The van der Waals surface area contributed by atoms with E-state index in [-0.39, 0.29) is 0 Å². The zero-order valence-electron chi connectivity index (χ0n) is 9.39. The van der Waals surface area contributed by atoms with Gasteiger partial charge in [-0.25, -0.2) is 4.68 Å². The molecular formula is C10H19N3O2. The highest BCUT2D eigenvalue weighted by Crippen LogP contribution is 2.11. The Morgan fingerprint density at radius 3 is 2.93 bits per heavy atom. The fraction of sp³-hybridized carbons (Fsp3) is 0.800. The summed E-state index contributed by atoms with van der Waals surface area (Å²) in [4.78, 5) is 0. The summed E-state index contributed by atoms with van der Waals surface area (Å²) in [5, 5.41) is 17.3. The summed E-state index contributed by atoms with van der Waals surface area (Å²) in [5.41, 5.74) is 0.632. The maximum absolute atomic E-state index is 9.51. The van der Waals surface area contributed by atoms with Crippen molar-refractivity contribution in [2.45, 2.75) is 39.3 Å². The van der Waals surface area contributed by atoms with Crippen LogP contribution < -0.4 is 0 Å². The fourth-order valence-electron chi connectivity index (χ4n) is 1.19. The van der Waals surface area contributed by atoms with E-state index in [0.717, 1.165) is 13.0 Å². The molecule has 5 nitrogen and oxygen atoms in total. The van der Waals surface area contributed by atoms with Crippen LogP contribution in [0.1, 0.15) is 38.5 Å². The summed E-state index contributed by atoms with van der Waals surface area (Å²) in [6.07, 6.45) is 2.95. The normalized spacial score (nSPS) is 13.0. The van der Waals surface area contributed by atoms with E-state index in [9.17, 15) is 5.11 Å². The first-order chi connectivity index (χ1) is 7.27. The third-order valence-electron chi connectivity index (χ3n) is 2.10. The van der Waals surface area contributed by atoms with Gasteiger partial charge in [0.2, 0.25) is 0 Å². The molecule has 0 saturated carbocycles. The van der Waals surface area contributed by atoms with Gasteiger partial charge in [0, 0.05) is 6.61 Å². The van der Waals surface area contributed by atoms with E-state index in [0.29, 0.717) is 25.3 Å². The average molecular weight is 213 g/mol. The molecule has 0 aliphatic rings. The van der Waals surface area contributed by atoms with Gasteiger partial charge in [-0.05, 0) is 12.8 Å². The third-order valence-corrected chi connectivity index (χ3v) is 2.10. The smallest absolute Gasteiger partial charge is 0.111 e. The molecule has 0 fully saturated rings. The van der Waals surface area contributed by atoms with Crippen molar-refractivity contribution >= 4 is 0 Å². The Morgan fingerprint density at radius 1 is 1.47 bits per heavy atom. The molecule has 1 unspecified atom stereocenters. The number of ether oxygens (including phenoxy) is 1. The van der Waals surface area contributed by atoms with Gasteiger partial charge >= 0.3 is 0 Å². The monoisotopic (exact) mass is 213 g/mol. The summed E-state index contributed by atoms with van der Waals surface area (Å²) < 4.78 is 7.03. The zero-order valence-corrected chi connectivity index (χ0v) is 9.39. The molecule has 0 aliphatic carbocycles. The SMILES string of the molecule is CCCOCCn1cc(C(O)CC)nn1. The van der Waals surface area contributed by atoms with Gasteiger partial charge in [0.25, 0.3) is 0 Å². The number of hydrogen-bond acceptors (Lipinski definition) is 4. The van der Waals surface area contributed by atoms with Crippen LogP contribution in [-0.2, 0) is 11.3 Å². The second kappa shape index (κ2) is 6.53. The van der Waals surface area contributed by atoms with E-state index in [2.05, 4.69) is 17.2 Å². The van der Waals surface area contributed by atoms with E-state index < -0.39 is 6.10 Å². The highest BCUT2D eigenvalue weighted by molar-refractivity contribution is 4.96. The zero-order chi connectivity index (χ0) is 11.1. The van der Waals surface area contributed by atoms with Crippen molar-refractivity contribution in [3.8, 4) is 0 Å². The van der Waals surface area contributed by atoms with Crippen LogP contribution in [0.15, 0.2) is 6.20 Å². The Hall–Kier alpha value is -0.940. The second-order valence-corrected chi connectivity index (χ2v) is 3.44. The van der Waals surface area contributed by atoms with Crippen LogP contribution in [0, 0.1) is 0 Å². The van der Waals surface area contributed by atoms with E-state index in [1.165, 1.54) is 0 Å². The molecule has 1 aromatic heterocycles. The van der Waals surface area contributed by atoms with Crippen LogP contribution in [-0.4, -0.2) is 33.3 Å². The Kier molecular flexibility index (Phi) is 5.28. The predicted molar refractivity (Wildman–Crippen MR) is 56.4 cm³/mol. The minimum atomic E-state index is -0.504. The van der Waals surface area contributed by atoms with Gasteiger partial charge in [-0.2, -0.15) is 0 Å². The molecule has 0 bridgehead atoms. The van der Waals surface area contributed by atoms with Gasteiger partial charge in [-0.3, -0.25) is 0 Å². The van der Waals surface area contributed by atoms with Crippen molar-refractivity contribution in [1.29, 1.82) is 0 Å². The molecule has 86 valence electrons. The molecule has 15 heavy (non-hydrogen) atoms. The van der Waals surface area contributed by atoms with E-state index in [1.807, 2.05) is 6.92 Å². The Labute approximate surface area is 90.1 Å². The quantitative estimate of drug-likeness (QED) is 0.690. The molecule has 0 amide bonds. The van der Waals surface area contributed by atoms with Crippen LogP contribution in [0.25, 0.3) is 0 Å². The van der Waals surface area contributed by atoms with E-state index >= 15 is 0 Å². The van der Waals surface area contributed by atoms with Gasteiger partial charge in [0.05, 0.1) is 25.5 Å². The number of rotatable bonds is 7. The van der Waals surface area contributed by atoms with Gasteiger partial charge in [0.1, 0.15) is 5.69 Å². The molecule has 1 N–H and O–H groups in total. The van der Waals surface area contributed by atoms with Gasteiger partial charge in [0.15, 0.2) is 0 Å². The highest BCUT2D eigenvalue weighted by Gasteiger charge is 2.08. The highest BCUT2D eigenvalue weighted by atomic mass is 16.5. The summed E-state index contributed by atoms with van der Waals surface area (Å²) in [6, 6.07) is 0. The first-order valence-corrected chi connectivity index (χ1v) is 5.43. The topological polar surface area (TPSA) is 60.2 Å². The van der Waals surface area contributed by atoms with Crippen molar-refractivity contribution in [3.05, 3.63) is 11.9 Å². The third kappa shape index (κ3) is 3.97.